The summed E-state index contributed by atoms with van der Waals surface area (Å²) in [5.41, 5.74) is -1.25. The molecule has 2 aromatic rings. The molecular formula is C24H30F4N4O4S2. The standard InChI is InChI=1S/C24H30F4N4O4S2/c1-16(2)36-23(33)30-10-8-29(9-11-30)21-6-7-22(37-21)38(34,35)32-13-12-31(15-17(32)3)20-5-4-18(25)14-19(20)24(26,27)28/h4-7,14,16-17H,8-13,15H2,1-3H3/t17-/m1/s1. The molecule has 3 heterocycles. The zero-order valence-corrected chi connectivity index (χ0v) is 22.9. The number of halogens is 4. The molecule has 8 nitrogen and oxygen atoms in total. The van der Waals surface area contributed by atoms with Gasteiger partial charge in [-0.15, -0.1) is 11.3 Å². The fourth-order valence-electron chi connectivity index (χ4n) is 4.65. The third-order valence-electron chi connectivity index (χ3n) is 6.49. The number of thiophene rings is 1. The lowest BCUT2D eigenvalue weighted by Gasteiger charge is -2.40. The number of piperazine rings is 2. The molecule has 210 valence electrons. The molecule has 1 aromatic carbocycles. The van der Waals surface area contributed by atoms with Crippen LogP contribution in [0.15, 0.2) is 34.5 Å². The van der Waals surface area contributed by atoms with Crippen LogP contribution in [0.1, 0.15) is 26.3 Å². The van der Waals surface area contributed by atoms with Crippen LogP contribution >= 0.6 is 11.3 Å². The summed E-state index contributed by atoms with van der Waals surface area (Å²) in [6, 6.07) is 5.18. The number of anilines is 2. The molecule has 0 bridgehead atoms. The van der Waals surface area contributed by atoms with Gasteiger partial charge in [0.05, 0.1) is 16.7 Å². The second-order valence-corrected chi connectivity index (χ2v) is 12.7. The Kier molecular flexibility index (Phi) is 8.15. The van der Waals surface area contributed by atoms with Gasteiger partial charge in [0.15, 0.2) is 0 Å². The molecule has 0 unspecified atom stereocenters. The Labute approximate surface area is 223 Å². The topological polar surface area (TPSA) is 73.4 Å². The second kappa shape index (κ2) is 10.9. The fraction of sp³-hybridized carbons (Fsp3) is 0.542. The molecular weight excluding hydrogens is 548 g/mol. The van der Waals surface area contributed by atoms with E-state index in [1.165, 1.54) is 15.3 Å². The van der Waals surface area contributed by atoms with Crippen molar-refractivity contribution in [1.82, 2.24) is 9.21 Å². The number of benzene rings is 1. The molecule has 2 aliphatic rings. The average Bonchev–Trinajstić information content (AvgIpc) is 3.34. The number of sulfonamides is 1. The van der Waals surface area contributed by atoms with Crippen LogP contribution < -0.4 is 9.80 Å². The Bertz CT molecular complexity index is 1260. The van der Waals surface area contributed by atoms with Crippen LogP contribution in [-0.4, -0.2) is 81.7 Å². The molecule has 1 amide bonds. The van der Waals surface area contributed by atoms with Crippen molar-refractivity contribution in [3.05, 3.63) is 41.7 Å². The molecule has 0 saturated carbocycles. The van der Waals surface area contributed by atoms with Crippen LogP contribution in [0.2, 0.25) is 0 Å². The summed E-state index contributed by atoms with van der Waals surface area (Å²) >= 11 is 1.12. The van der Waals surface area contributed by atoms with E-state index in [0.29, 0.717) is 32.2 Å². The number of carbonyl (C=O) groups is 1. The highest BCUT2D eigenvalue weighted by Crippen LogP contribution is 2.39. The van der Waals surface area contributed by atoms with Crippen LogP contribution in [-0.2, 0) is 20.9 Å². The summed E-state index contributed by atoms with van der Waals surface area (Å²) in [5.74, 6) is -0.985. The lowest BCUT2D eigenvalue weighted by molar-refractivity contribution is -0.137. The number of hydrogen-bond donors (Lipinski definition) is 0. The third kappa shape index (κ3) is 6.01. The van der Waals surface area contributed by atoms with Crippen LogP contribution in [0.5, 0.6) is 0 Å². The van der Waals surface area contributed by atoms with Gasteiger partial charge in [-0.05, 0) is 51.1 Å². The summed E-state index contributed by atoms with van der Waals surface area (Å²) in [6.45, 7) is 7.22. The molecule has 0 aliphatic carbocycles. The normalized spacial score (nSPS) is 19.8. The first kappa shape index (κ1) is 28.4. The first-order valence-electron chi connectivity index (χ1n) is 12.2. The maximum absolute atomic E-state index is 13.5. The number of nitrogens with zero attached hydrogens (tertiary/aromatic N) is 4. The largest absolute Gasteiger partial charge is 0.447 e. The van der Waals surface area contributed by atoms with E-state index in [4.69, 9.17) is 4.74 Å². The quantitative estimate of drug-likeness (QED) is 0.488. The van der Waals surface area contributed by atoms with Gasteiger partial charge in [0.2, 0.25) is 0 Å². The Balaban J connectivity index is 1.43. The third-order valence-corrected chi connectivity index (χ3v) is 10.1. The SMILES string of the molecule is CC(C)OC(=O)N1CCN(c2ccc(S(=O)(=O)N3CCN(c4ccc(F)cc4C(F)(F)F)C[C@H]3C)s2)CC1. The van der Waals surface area contributed by atoms with Crippen molar-refractivity contribution >= 4 is 38.1 Å². The number of carbonyl (C=O) groups excluding carboxylic acids is 1. The van der Waals surface area contributed by atoms with E-state index in [1.54, 1.807) is 31.7 Å². The van der Waals surface area contributed by atoms with E-state index in [1.807, 2.05) is 4.90 Å². The van der Waals surface area contributed by atoms with Gasteiger partial charge in [0.1, 0.15) is 10.0 Å². The highest BCUT2D eigenvalue weighted by Gasteiger charge is 2.39. The van der Waals surface area contributed by atoms with E-state index in [-0.39, 0.29) is 41.7 Å². The Morgan fingerprint density at radius 3 is 2.29 bits per heavy atom. The first-order valence-corrected chi connectivity index (χ1v) is 14.5. The van der Waals surface area contributed by atoms with Gasteiger partial charge in [0.25, 0.3) is 10.0 Å². The number of hydrogen-bond acceptors (Lipinski definition) is 7. The molecule has 0 N–H and O–H groups in total. The number of ether oxygens (including phenoxy) is 1. The molecule has 1 aromatic heterocycles. The summed E-state index contributed by atoms with van der Waals surface area (Å²) in [7, 11) is -3.89. The maximum Gasteiger partial charge on any atom is 0.418 e. The van der Waals surface area contributed by atoms with E-state index in [0.717, 1.165) is 28.5 Å². The molecule has 14 heteroatoms. The zero-order chi connectivity index (χ0) is 27.8. The second-order valence-electron chi connectivity index (χ2n) is 9.57. The van der Waals surface area contributed by atoms with Crippen LogP contribution in [0.25, 0.3) is 0 Å². The van der Waals surface area contributed by atoms with E-state index >= 15 is 0 Å². The zero-order valence-electron chi connectivity index (χ0n) is 21.2. The minimum absolute atomic E-state index is 0.0119. The summed E-state index contributed by atoms with van der Waals surface area (Å²) in [5, 5.41) is 0.757. The highest BCUT2D eigenvalue weighted by molar-refractivity contribution is 7.91. The minimum Gasteiger partial charge on any atom is -0.447 e. The van der Waals surface area contributed by atoms with Crippen molar-refractivity contribution in [3.8, 4) is 0 Å². The molecule has 2 aliphatic heterocycles. The van der Waals surface area contributed by atoms with Crippen molar-refractivity contribution in [1.29, 1.82) is 0 Å². The van der Waals surface area contributed by atoms with Gasteiger partial charge in [-0.2, -0.15) is 17.5 Å². The predicted molar refractivity (Wildman–Crippen MR) is 137 cm³/mol. The molecule has 4 rings (SSSR count). The van der Waals surface area contributed by atoms with E-state index in [2.05, 4.69) is 0 Å². The summed E-state index contributed by atoms with van der Waals surface area (Å²) < 4.78 is 87.6. The highest BCUT2D eigenvalue weighted by atomic mass is 32.2. The van der Waals surface area contributed by atoms with Crippen LogP contribution in [0.4, 0.5) is 33.0 Å². The Morgan fingerprint density at radius 2 is 1.68 bits per heavy atom. The van der Waals surface area contributed by atoms with Gasteiger partial charge in [-0.3, -0.25) is 0 Å². The predicted octanol–water partition coefficient (Wildman–Crippen LogP) is 4.47. The molecule has 1 atom stereocenters. The minimum atomic E-state index is -4.74. The van der Waals surface area contributed by atoms with E-state index < -0.39 is 33.6 Å². The number of amides is 1. The lowest BCUT2D eigenvalue weighted by atomic mass is 10.1. The van der Waals surface area contributed by atoms with Crippen molar-refractivity contribution in [2.75, 3.05) is 55.6 Å². The van der Waals surface area contributed by atoms with Crippen molar-refractivity contribution in [2.24, 2.45) is 0 Å². The molecule has 0 spiro atoms. The molecule has 2 saturated heterocycles. The molecule has 38 heavy (non-hydrogen) atoms. The number of rotatable bonds is 5. The van der Waals surface area contributed by atoms with Gasteiger partial charge >= 0.3 is 12.3 Å². The summed E-state index contributed by atoms with van der Waals surface area (Å²) in [4.78, 5) is 17.2. The van der Waals surface area contributed by atoms with Gasteiger partial charge in [-0.1, -0.05) is 0 Å². The van der Waals surface area contributed by atoms with Crippen molar-refractivity contribution < 1.29 is 35.5 Å². The van der Waals surface area contributed by atoms with Crippen LogP contribution in [0.3, 0.4) is 0 Å². The average molecular weight is 579 g/mol. The van der Waals surface area contributed by atoms with Gasteiger partial charge in [-0.25, -0.2) is 17.6 Å². The Hall–Kier alpha value is -2.58. The fourth-order valence-corrected chi connectivity index (χ4v) is 7.74. The Morgan fingerprint density at radius 1 is 1.03 bits per heavy atom. The monoisotopic (exact) mass is 578 g/mol. The lowest BCUT2D eigenvalue weighted by Crippen LogP contribution is -2.54. The van der Waals surface area contributed by atoms with Gasteiger partial charge < -0.3 is 19.4 Å². The summed E-state index contributed by atoms with van der Waals surface area (Å²) in [6.07, 6.45) is -5.32. The van der Waals surface area contributed by atoms with Crippen molar-refractivity contribution in [2.45, 2.75) is 43.3 Å². The number of alkyl halides is 3. The maximum atomic E-state index is 13.5. The first-order chi connectivity index (χ1) is 17.8. The van der Waals surface area contributed by atoms with Crippen molar-refractivity contribution in [3.63, 3.8) is 0 Å². The van der Waals surface area contributed by atoms with Gasteiger partial charge in [0, 0.05) is 57.5 Å². The van der Waals surface area contributed by atoms with E-state index in [9.17, 15) is 30.8 Å². The smallest absolute Gasteiger partial charge is 0.418 e. The molecule has 0 radical (unpaired) electrons. The molecule has 2 fully saturated rings. The van der Waals surface area contributed by atoms with Crippen LogP contribution in [0, 0.1) is 5.82 Å².